The van der Waals surface area contributed by atoms with Gasteiger partial charge in [0.05, 0.1) is 34.7 Å². The number of benzene rings is 2. The molecule has 0 amide bonds. The first kappa shape index (κ1) is 38.1. The fraction of sp³-hybridized carbons (Fsp3) is 0.472. The minimum atomic E-state index is -3.26. The minimum absolute atomic E-state index is 0.0135. The Hall–Kier alpha value is -4.59. The number of Topliss-reactive ketones (excluding diaryl/α,β-unsaturated/α-hetero) is 3. The lowest BCUT2D eigenvalue weighted by molar-refractivity contribution is -0.236. The van der Waals surface area contributed by atoms with Crippen LogP contribution in [0.5, 0.6) is 11.5 Å². The van der Waals surface area contributed by atoms with E-state index in [1.54, 1.807) is 6.92 Å². The first-order valence-electron chi connectivity index (χ1n) is 16.7. The number of carbonyl (C=O) groups is 4. The second-order valence-electron chi connectivity index (χ2n) is 13.4. The van der Waals surface area contributed by atoms with E-state index in [2.05, 4.69) is 10.3 Å². The number of aliphatic hydroxyl groups excluding tert-OH is 3. The molecule has 0 spiro atoms. The maximum absolute atomic E-state index is 14.7. The van der Waals surface area contributed by atoms with Crippen LogP contribution in [0.2, 0.25) is 0 Å². The summed E-state index contributed by atoms with van der Waals surface area (Å²) in [5.41, 5.74) is -9.86. The van der Waals surface area contributed by atoms with E-state index in [9.17, 15) is 54.9 Å². The van der Waals surface area contributed by atoms with Crippen LogP contribution in [-0.2, 0) is 31.0 Å². The fourth-order valence-corrected chi connectivity index (χ4v) is 8.17. The highest BCUT2D eigenvalue weighted by atomic mass is 16.6. The van der Waals surface area contributed by atoms with Crippen molar-refractivity contribution in [1.29, 1.82) is 0 Å². The van der Waals surface area contributed by atoms with E-state index in [4.69, 9.17) is 18.9 Å². The molecule has 3 unspecified atom stereocenters. The number of hydrogen-bond acceptors (Lipinski definition) is 16. The van der Waals surface area contributed by atoms with E-state index in [0.717, 1.165) is 13.2 Å². The number of hydrogen-bond donors (Lipinski definition) is 8. The van der Waals surface area contributed by atoms with Gasteiger partial charge in [-0.2, -0.15) is 0 Å². The van der Waals surface area contributed by atoms with Gasteiger partial charge >= 0.3 is 5.97 Å². The number of carboxylic acids is 1. The number of nitrogens with zero attached hydrogens (tertiary/aromatic N) is 1. The summed E-state index contributed by atoms with van der Waals surface area (Å²) in [5, 5.41) is 80.3. The molecule has 1 saturated heterocycles. The molecule has 53 heavy (non-hydrogen) atoms. The molecule has 284 valence electrons. The number of phenols is 2. The topological polar surface area (TPSA) is 271 Å². The van der Waals surface area contributed by atoms with Crippen molar-refractivity contribution in [3.05, 3.63) is 68.4 Å². The van der Waals surface area contributed by atoms with E-state index in [1.807, 2.05) is 0 Å². The number of ether oxygens (including phenoxy) is 4. The lowest BCUT2D eigenvalue weighted by Crippen LogP contribution is -2.73. The Labute approximate surface area is 302 Å². The molecular weight excluding hydrogens is 700 g/mol. The van der Waals surface area contributed by atoms with Gasteiger partial charge in [0.25, 0.3) is 0 Å². The Kier molecular flexibility index (Phi) is 9.84. The standard InChI is InChI=1S/C36H40N2O15/c1-13-9-15-10-20(40)36(52-5)32(46)23-17(31(45)35(36,49)24(15)27(43)21(13)34(47)48)11-16-22(26(23)42)18(37-7-6-8-39)12-19(25(16)41)38-33-30(51-4)28(44)29(50-3)14(2)53-33/h9,11-12,14,20,28-30,33,38-40,42-44,49H,6-8,10H2,1-5H3,(H,47,48)/t14-,20?,28+,29-,30+,33-,35?,36?/m0/s1. The smallest absolute Gasteiger partial charge is 0.339 e. The van der Waals surface area contributed by atoms with Gasteiger partial charge in [0.2, 0.25) is 17.3 Å². The van der Waals surface area contributed by atoms with Gasteiger partial charge in [-0.15, -0.1) is 0 Å². The number of ketones is 3. The van der Waals surface area contributed by atoms with E-state index in [-0.39, 0.29) is 53.2 Å². The van der Waals surface area contributed by atoms with Crippen molar-refractivity contribution in [3.63, 3.8) is 0 Å². The Morgan fingerprint density at radius 1 is 1.02 bits per heavy atom. The zero-order chi connectivity index (χ0) is 38.9. The van der Waals surface area contributed by atoms with E-state index in [1.165, 1.54) is 33.3 Å². The summed E-state index contributed by atoms with van der Waals surface area (Å²) in [5.74, 6) is -7.09. The van der Waals surface area contributed by atoms with Crippen LogP contribution in [0.25, 0.3) is 0 Å². The average Bonchev–Trinajstić information content (AvgIpc) is 3.09. The van der Waals surface area contributed by atoms with Crippen molar-refractivity contribution in [2.45, 2.75) is 74.6 Å². The van der Waals surface area contributed by atoms with Crippen molar-refractivity contribution < 1.29 is 73.9 Å². The summed E-state index contributed by atoms with van der Waals surface area (Å²) in [6.07, 6.45) is -5.88. The molecule has 0 radical (unpaired) electrons. The van der Waals surface area contributed by atoms with Crippen molar-refractivity contribution >= 4 is 29.0 Å². The number of nitrogens with one attached hydrogen (secondary N) is 1. The molecule has 1 aliphatic heterocycles. The molecule has 1 fully saturated rings. The van der Waals surface area contributed by atoms with Gasteiger partial charge in [0.15, 0.2) is 17.4 Å². The fourth-order valence-electron chi connectivity index (χ4n) is 8.17. The third kappa shape index (κ3) is 5.25. The molecule has 8 N–H and O–H groups in total. The van der Waals surface area contributed by atoms with E-state index >= 15 is 0 Å². The Bertz CT molecular complexity index is 1990. The first-order chi connectivity index (χ1) is 25.1. The number of aromatic carboxylic acids is 1. The average molecular weight is 741 g/mol. The van der Waals surface area contributed by atoms with Crippen molar-refractivity contribution in [1.82, 2.24) is 5.32 Å². The van der Waals surface area contributed by atoms with Crippen molar-refractivity contribution in [2.75, 3.05) is 34.5 Å². The summed E-state index contributed by atoms with van der Waals surface area (Å²) in [4.78, 5) is 60.2. The SMILES string of the molecule is CO[C@@H]1[C@@H](O)[C@@H](OC)[C@@H](NC2=CC(=NCCCO)c3c(cc4c(c3O)C(=O)C3(OC)C(O)Cc5cc(C)c(C(=O)O)c(O)c5C3(O)C4=O)C2=O)O[C@H]1C. The zero-order valence-corrected chi connectivity index (χ0v) is 29.4. The number of aliphatic hydroxyl groups is 4. The van der Waals surface area contributed by atoms with E-state index in [0.29, 0.717) is 0 Å². The highest BCUT2D eigenvalue weighted by molar-refractivity contribution is 6.31. The summed E-state index contributed by atoms with van der Waals surface area (Å²) >= 11 is 0. The lowest BCUT2D eigenvalue weighted by Gasteiger charge is -2.53. The maximum atomic E-state index is 14.7. The van der Waals surface area contributed by atoms with Gasteiger partial charge < -0.3 is 60.0 Å². The third-order valence-corrected chi connectivity index (χ3v) is 10.6. The van der Waals surface area contributed by atoms with Crippen molar-refractivity contribution in [2.24, 2.45) is 4.99 Å². The number of rotatable bonds is 9. The molecule has 17 nitrogen and oxygen atoms in total. The Morgan fingerprint density at radius 3 is 2.30 bits per heavy atom. The predicted octanol–water partition coefficient (Wildman–Crippen LogP) is -0.350. The Morgan fingerprint density at radius 2 is 1.70 bits per heavy atom. The van der Waals surface area contributed by atoms with Crippen LogP contribution in [0.15, 0.2) is 28.9 Å². The molecule has 0 saturated carbocycles. The van der Waals surface area contributed by atoms with Crippen LogP contribution in [0.1, 0.15) is 77.0 Å². The highest BCUT2D eigenvalue weighted by Crippen LogP contribution is 2.56. The van der Waals surface area contributed by atoms with Gasteiger partial charge in [-0.25, -0.2) is 4.79 Å². The van der Waals surface area contributed by atoms with Gasteiger partial charge in [0, 0.05) is 57.6 Å². The molecule has 6 rings (SSSR count). The monoisotopic (exact) mass is 740 g/mol. The summed E-state index contributed by atoms with van der Waals surface area (Å²) in [6.45, 7) is 2.73. The van der Waals surface area contributed by atoms with E-state index < -0.39 is 111 Å². The van der Waals surface area contributed by atoms with Crippen LogP contribution < -0.4 is 5.32 Å². The molecule has 2 aromatic rings. The van der Waals surface area contributed by atoms with Crippen LogP contribution in [0.3, 0.4) is 0 Å². The second-order valence-corrected chi connectivity index (χ2v) is 13.4. The molecule has 1 heterocycles. The largest absolute Gasteiger partial charge is 0.507 e. The molecule has 0 aromatic heterocycles. The zero-order valence-electron chi connectivity index (χ0n) is 29.4. The van der Waals surface area contributed by atoms with Crippen LogP contribution in [-0.4, -0.2) is 142 Å². The van der Waals surface area contributed by atoms with Gasteiger partial charge in [0.1, 0.15) is 35.4 Å². The molecular formula is C36H40N2O15. The second kappa shape index (κ2) is 13.7. The number of carbonyl (C=O) groups excluding carboxylic acids is 3. The quantitative estimate of drug-likeness (QED) is 0.153. The number of fused-ring (bicyclic) bond motifs is 5. The number of aryl methyl sites for hydroxylation is 1. The van der Waals surface area contributed by atoms with Crippen LogP contribution >= 0.6 is 0 Å². The normalized spacial score (nSPS) is 31.4. The molecule has 4 aliphatic rings. The van der Waals surface area contributed by atoms with Crippen molar-refractivity contribution in [3.8, 4) is 11.5 Å². The van der Waals surface area contributed by atoms with Crippen LogP contribution in [0, 0.1) is 6.92 Å². The number of allylic oxidation sites excluding steroid dienone is 2. The number of aromatic hydroxyl groups is 2. The lowest BCUT2D eigenvalue weighted by atomic mass is 9.56. The van der Waals surface area contributed by atoms with Gasteiger partial charge in [-0.3, -0.25) is 19.4 Å². The summed E-state index contributed by atoms with van der Waals surface area (Å²) in [6, 6.07) is 2.21. The van der Waals surface area contributed by atoms with Gasteiger partial charge in [-0.05, 0) is 43.5 Å². The minimum Gasteiger partial charge on any atom is -0.507 e. The molecule has 3 aliphatic carbocycles. The molecule has 0 bridgehead atoms. The Balaban J connectivity index is 1.56. The number of carboxylic acid groups (broad SMARTS) is 1. The molecule has 2 aromatic carbocycles. The third-order valence-electron chi connectivity index (χ3n) is 10.6. The van der Waals surface area contributed by atoms with Gasteiger partial charge in [-0.1, -0.05) is 6.07 Å². The van der Waals surface area contributed by atoms with Crippen LogP contribution in [0.4, 0.5) is 0 Å². The summed E-state index contributed by atoms with van der Waals surface area (Å²) < 4.78 is 22.3. The molecule has 17 heteroatoms. The number of methoxy groups -OCH3 is 3. The predicted molar refractivity (Wildman–Crippen MR) is 181 cm³/mol. The highest BCUT2D eigenvalue weighted by Gasteiger charge is 2.72. The number of phenolic OH excluding ortho intramolecular Hbond substituents is 1. The summed E-state index contributed by atoms with van der Waals surface area (Å²) in [7, 11) is 3.63. The first-order valence-corrected chi connectivity index (χ1v) is 16.7. The maximum Gasteiger partial charge on any atom is 0.339 e. The molecule has 8 atom stereocenters. The number of aliphatic imine (C=N–C) groups is 1.